The Balaban J connectivity index is 0.000000138. The van der Waals surface area contributed by atoms with Gasteiger partial charge < -0.3 is 0 Å². The molecule has 0 fully saturated rings. The number of benzene rings is 18. The minimum Gasteiger partial charge on any atom is -0.264 e. The van der Waals surface area contributed by atoms with Gasteiger partial charge in [-0.15, -0.1) is 0 Å². The van der Waals surface area contributed by atoms with Crippen LogP contribution in [-0.2, 0) is 0 Å². The van der Waals surface area contributed by atoms with Crippen LogP contribution in [0.4, 0.5) is 0 Å². The van der Waals surface area contributed by atoms with Crippen LogP contribution in [0.1, 0.15) is 0 Å². The van der Waals surface area contributed by atoms with Crippen molar-refractivity contribution in [1.82, 2.24) is 19.9 Å². The van der Waals surface area contributed by atoms with Crippen LogP contribution < -0.4 is 0 Å². The summed E-state index contributed by atoms with van der Waals surface area (Å²) in [7, 11) is 0. The molecule has 0 aliphatic carbocycles. The van der Waals surface area contributed by atoms with E-state index in [0.717, 1.165) is 77.5 Å². The van der Waals surface area contributed by atoms with E-state index in [9.17, 15) is 0 Å². The van der Waals surface area contributed by atoms with E-state index in [1.54, 1.807) is 0 Å². The topological polar surface area (TPSA) is 51.6 Å². The van der Waals surface area contributed by atoms with Gasteiger partial charge in [-0.25, -0.2) is 9.97 Å². The molecule has 4 nitrogen and oxygen atoms in total. The van der Waals surface area contributed by atoms with Crippen molar-refractivity contribution in [2.24, 2.45) is 0 Å². The molecule has 4 heteroatoms. The minimum absolute atomic E-state index is 0.941. The standard InChI is InChI=1S/2C52H32N2/c1-3-15-37-35(13-1)29-45(41-19-7-5-17-39(37)41)47-31-49-48(46-30-36-14-2-4-16-38(36)40-18-6-8-20-42(40)46)32-51(54-52(49)44-22-10-9-21-43(44)47)34-26-24-33(25-27-34)50-23-11-12-28-53-50;1-3-15-38-35(12-1)28-46(42-19-7-5-17-40(38)42)48-30-50-49(47-29-36-13-2-4-16-39(36)41-18-6-8-20-43(41)47)31-51(54-52(50)45-22-10-9-21-44(45)48)34-25-23-33(24-26-34)37-14-11-27-53-32-37/h2*1-32H. The average Bonchev–Trinajstić information content (AvgIpc) is 0.727. The van der Waals surface area contributed by atoms with Gasteiger partial charge in [0.2, 0.25) is 0 Å². The largest absolute Gasteiger partial charge is 0.264 e. The lowest BCUT2D eigenvalue weighted by Crippen LogP contribution is -1.95. The maximum atomic E-state index is 5.54. The lowest BCUT2D eigenvalue weighted by Gasteiger charge is -2.19. The Kier molecular flexibility index (Phi) is 14.9. The van der Waals surface area contributed by atoms with Gasteiger partial charge in [0.15, 0.2) is 0 Å². The normalized spacial score (nSPS) is 11.7. The van der Waals surface area contributed by atoms with E-state index < -0.39 is 0 Å². The summed E-state index contributed by atoms with van der Waals surface area (Å²) in [6.45, 7) is 0. The maximum Gasteiger partial charge on any atom is 0.0794 e. The molecule has 4 aromatic heterocycles. The molecule has 0 aliphatic heterocycles. The van der Waals surface area contributed by atoms with Crippen LogP contribution in [0.25, 0.3) is 219 Å². The first kappa shape index (κ1) is 62.3. The van der Waals surface area contributed by atoms with Gasteiger partial charge in [0.05, 0.1) is 28.1 Å². The average molecular weight is 1370 g/mol. The molecule has 0 aliphatic rings. The molecule has 22 aromatic rings. The third-order valence-corrected chi connectivity index (χ3v) is 22.2. The van der Waals surface area contributed by atoms with Gasteiger partial charge in [0, 0.05) is 56.8 Å². The number of hydrogen-bond donors (Lipinski definition) is 0. The molecule has 0 atom stereocenters. The summed E-state index contributed by atoms with van der Waals surface area (Å²) >= 11 is 0. The van der Waals surface area contributed by atoms with Gasteiger partial charge in [-0.2, -0.15) is 0 Å². The number of hydrogen-bond acceptors (Lipinski definition) is 4. The number of fused-ring (bicyclic) bond motifs is 18. The number of aromatic nitrogens is 4. The molecule has 0 N–H and O–H groups in total. The molecular weight excluding hydrogens is 1310 g/mol. The second-order valence-electron chi connectivity index (χ2n) is 28.2. The Morgan fingerprint density at radius 2 is 0.435 bits per heavy atom. The zero-order valence-electron chi connectivity index (χ0n) is 58.7. The third-order valence-electron chi connectivity index (χ3n) is 22.2. The molecule has 0 radical (unpaired) electrons. The van der Waals surface area contributed by atoms with Crippen molar-refractivity contribution < 1.29 is 0 Å². The smallest absolute Gasteiger partial charge is 0.0794 e. The summed E-state index contributed by atoms with van der Waals surface area (Å²) < 4.78 is 0. The van der Waals surface area contributed by atoms with Crippen LogP contribution in [0.2, 0.25) is 0 Å². The van der Waals surface area contributed by atoms with Gasteiger partial charge in [0.25, 0.3) is 0 Å². The van der Waals surface area contributed by atoms with Crippen LogP contribution in [-0.4, -0.2) is 19.9 Å². The second kappa shape index (κ2) is 25.8. The maximum absolute atomic E-state index is 5.54. The zero-order valence-corrected chi connectivity index (χ0v) is 58.7. The zero-order chi connectivity index (χ0) is 71.2. The van der Waals surface area contributed by atoms with E-state index >= 15 is 0 Å². The number of nitrogens with zero attached hydrogens (tertiary/aromatic N) is 4. The fourth-order valence-corrected chi connectivity index (χ4v) is 17.1. The summed E-state index contributed by atoms with van der Waals surface area (Å²) in [6.07, 6.45) is 5.57. The highest BCUT2D eigenvalue weighted by atomic mass is 14.7. The van der Waals surface area contributed by atoms with Crippen molar-refractivity contribution in [1.29, 1.82) is 0 Å². The molecule has 0 amide bonds. The van der Waals surface area contributed by atoms with Crippen molar-refractivity contribution in [2.45, 2.75) is 0 Å². The molecule has 0 unspecified atom stereocenters. The molecule has 4 heterocycles. The minimum atomic E-state index is 0.941. The predicted molar refractivity (Wildman–Crippen MR) is 458 cm³/mol. The monoisotopic (exact) mass is 1370 g/mol. The third kappa shape index (κ3) is 10.5. The number of pyridine rings is 4. The molecular formula is C104H64N4. The SMILES string of the molecule is c1ccc(-c2ccc(-c3cc(-c4cc5ccccc5c5ccccc45)c4cc(-c5cc6ccccc6c6ccccc56)c5ccccc5c4n3)cc2)nc1.c1cncc(-c2ccc(-c3cc(-c4cc5ccccc5c5ccccc45)c4cc(-c5cc6ccccc6c6ccccc56)c5ccccc5c4n3)cc2)c1. The molecule has 0 spiro atoms. The number of rotatable bonds is 8. The lowest BCUT2D eigenvalue weighted by molar-refractivity contribution is 1.32. The quantitative estimate of drug-likeness (QED) is 0.142. The first-order chi connectivity index (χ1) is 53.6. The molecule has 18 aromatic carbocycles. The van der Waals surface area contributed by atoms with Crippen LogP contribution in [0.3, 0.4) is 0 Å². The van der Waals surface area contributed by atoms with Gasteiger partial charge in [0.1, 0.15) is 0 Å². The van der Waals surface area contributed by atoms with Crippen molar-refractivity contribution in [3.63, 3.8) is 0 Å². The van der Waals surface area contributed by atoms with E-state index in [0.29, 0.717) is 0 Å². The molecule has 0 saturated heterocycles. The van der Waals surface area contributed by atoms with Gasteiger partial charge in [-0.3, -0.25) is 9.97 Å². The van der Waals surface area contributed by atoms with Crippen LogP contribution in [0, 0.1) is 0 Å². The molecule has 108 heavy (non-hydrogen) atoms. The van der Waals surface area contributed by atoms with Gasteiger partial charge >= 0.3 is 0 Å². The van der Waals surface area contributed by atoms with E-state index in [1.165, 1.54) is 141 Å². The summed E-state index contributed by atoms with van der Waals surface area (Å²) in [5.74, 6) is 0. The lowest BCUT2D eigenvalue weighted by atomic mass is 9.86. The van der Waals surface area contributed by atoms with Crippen LogP contribution in [0.5, 0.6) is 0 Å². The van der Waals surface area contributed by atoms with Crippen molar-refractivity contribution in [2.75, 3.05) is 0 Å². The van der Waals surface area contributed by atoms with E-state index in [4.69, 9.17) is 9.97 Å². The van der Waals surface area contributed by atoms with E-state index in [1.807, 2.05) is 36.8 Å². The molecule has 0 bridgehead atoms. The fourth-order valence-electron chi connectivity index (χ4n) is 17.1. The molecule has 0 saturated carbocycles. The van der Waals surface area contributed by atoms with Crippen molar-refractivity contribution >= 4 is 130 Å². The predicted octanol–water partition coefficient (Wildman–Crippen LogP) is 28.1. The van der Waals surface area contributed by atoms with Gasteiger partial charge in [-0.1, -0.05) is 303 Å². The Bertz CT molecular complexity index is 6950. The van der Waals surface area contributed by atoms with Crippen molar-refractivity contribution in [3.05, 3.63) is 389 Å². The highest BCUT2D eigenvalue weighted by molar-refractivity contribution is 6.26. The summed E-state index contributed by atoms with van der Waals surface area (Å²) in [5.41, 5.74) is 19.9. The summed E-state index contributed by atoms with van der Waals surface area (Å²) in [6, 6.07) is 134. The molecule has 500 valence electrons. The first-order valence-corrected chi connectivity index (χ1v) is 37.0. The summed E-state index contributed by atoms with van der Waals surface area (Å²) in [5, 5.41) is 26.9. The summed E-state index contributed by atoms with van der Waals surface area (Å²) in [4.78, 5) is 20.0. The van der Waals surface area contributed by atoms with Crippen LogP contribution in [0.15, 0.2) is 389 Å². The Hall–Kier alpha value is -14.3. The highest BCUT2D eigenvalue weighted by Gasteiger charge is 2.23. The Morgan fingerprint density at radius 1 is 0.157 bits per heavy atom. The van der Waals surface area contributed by atoms with Gasteiger partial charge in [-0.05, 0) is 219 Å². The molecule has 22 rings (SSSR count). The first-order valence-electron chi connectivity index (χ1n) is 37.0. The van der Waals surface area contributed by atoms with Crippen LogP contribution >= 0.6 is 0 Å². The Labute approximate surface area is 623 Å². The second-order valence-corrected chi connectivity index (χ2v) is 28.2. The van der Waals surface area contributed by atoms with E-state index in [-0.39, 0.29) is 0 Å². The van der Waals surface area contributed by atoms with E-state index in [2.05, 4.69) is 362 Å². The fraction of sp³-hybridized carbons (Fsp3) is 0. The van der Waals surface area contributed by atoms with Crippen molar-refractivity contribution in [3.8, 4) is 89.4 Å². The Morgan fingerprint density at radius 3 is 0.769 bits per heavy atom. The highest BCUT2D eigenvalue weighted by Crippen LogP contribution is 2.49.